The summed E-state index contributed by atoms with van der Waals surface area (Å²) in [6, 6.07) is 12.0. The standard InChI is InChI=1S/C15H14N2OS/c1-10-4-5-13-11(7-10)8-14(17-13)15(18)16-9-12-3-2-6-19-12/h2-8,17H,9H2,1H3,(H,16,18). The Kier molecular flexibility index (Phi) is 3.09. The fourth-order valence-corrected chi connectivity index (χ4v) is 2.69. The van der Waals surface area contributed by atoms with Crippen molar-refractivity contribution in [2.24, 2.45) is 0 Å². The van der Waals surface area contributed by atoms with Gasteiger partial charge < -0.3 is 10.3 Å². The number of hydrogen-bond acceptors (Lipinski definition) is 2. The highest BCUT2D eigenvalue weighted by atomic mass is 32.1. The number of benzene rings is 1. The predicted molar refractivity (Wildman–Crippen MR) is 78.5 cm³/mol. The van der Waals surface area contributed by atoms with Gasteiger partial charge in [-0.2, -0.15) is 0 Å². The van der Waals surface area contributed by atoms with Gasteiger partial charge in [0.05, 0.1) is 6.54 Å². The Morgan fingerprint density at radius 3 is 3.00 bits per heavy atom. The number of amides is 1. The minimum Gasteiger partial charge on any atom is -0.351 e. The van der Waals surface area contributed by atoms with Crippen molar-refractivity contribution in [3.8, 4) is 0 Å². The smallest absolute Gasteiger partial charge is 0.268 e. The van der Waals surface area contributed by atoms with Crippen LogP contribution in [-0.4, -0.2) is 10.9 Å². The van der Waals surface area contributed by atoms with E-state index < -0.39 is 0 Å². The molecule has 0 saturated carbocycles. The first-order valence-corrected chi connectivity index (χ1v) is 7.00. The minimum absolute atomic E-state index is 0.0674. The van der Waals surface area contributed by atoms with Crippen molar-refractivity contribution in [1.82, 2.24) is 10.3 Å². The second-order valence-electron chi connectivity index (χ2n) is 4.54. The van der Waals surface area contributed by atoms with Gasteiger partial charge in [-0.1, -0.05) is 17.7 Å². The number of hydrogen-bond donors (Lipinski definition) is 2. The van der Waals surface area contributed by atoms with Gasteiger partial charge in [0.15, 0.2) is 0 Å². The Morgan fingerprint density at radius 1 is 1.32 bits per heavy atom. The summed E-state index contributed by atoms with van der Waals surface area (Å²) in [6.45, 7) is 2.62. The van der Waals surface area contributed by atoms with E-state index in [0.29, 0.717) is 12.2 Å². The van der Waals surface area contributed by atoms with Crippen LogP contribution in [0.5, 0.6) is 0 Å². The summed E-state index contributed by atoms with van der Waals surface area (Å²) in [7, 11) is 0. The molecule has 19 heavy (non-hydrogen) atoms. The second kappa shape index (κ2) is 4.90. The average molecular weight is 270 g/mol. The van der Waals surface area contributed by atoms with Crippen LogP contribution in [0.15, 0.2) is 41.8 Å². The third-order valence-electron chi connectivity index (χ3n) is 3.02. The van der Waals surface area contributed by atoms with Crippen LogP contribution in [-0.2, 0) is 6.54 Å². The van der Waals surface area contributed by atoms with Gasteiger partial charge >= 0.3 is 0 Å². The lowest BCUT2D eigenvalue weighted by Gasteiger charge is -2.00. The Labute approximate surface area is 115 Å². The molecule has 0 aliphatic rings. The average Bonchev–Trinajstić information content (AvgIpc) is 3.04. The molecule has 2 aromatic heterocycles. The van der Waals surface area contributed by atoms with Gasteiger partial charge in [-0.05, 0) is 36.6 Å². The zero-order valence-electron chi connectivity index (χ0n) is 10.6. The van der Waals surface area contributed by atoms with Gasteiger partial charge in [0.2, 0.25) is 0 Å². The summed E-state index contributed by atoms with van der Waals surface area (Å²) >= 11 is 1.64. The van der Waals surface area contributed by atoms with E-state index in [1.165, 1.54) is 5.56 Å². The Balaban J connectivity index is 1.77. The van der Waals surface area contributed by atoms with E-state index in [2.05, 4.69) is 16.4 Å². The van der Waals surface area contributed by atoms with E-state index >= 15 is 0 Å². The Morgan fingerprint density at radius 2 is 2.21 bits per heavy atom. The van der Waals surface area contributed by atoms with Crippen molar-refractivity contribution in [3.63, 3.8) is 0 Å². The van der Waals surface area contributed by atoms with Crippen LogP contribution in [0.4, 0.5) is 0 Å². The molecular formula is C15H14N2OS. The van der Waals surface area contributed by atoms with Crippen molar-refractivity contribution < 1.29 is 4.79 Å². The maximum Gasteiger partial charge on any atom is 0.268 e. The van der Waals surface area contributed by atoms with Gasteiger partial charge in [0.1, 0.15) is 5.69 Å². The molecule has 3 rings (SSSR count). The highest BCUT2D eigenvalue weighted by Gasteiger charge is 2.09. The van der Waals surface area contributed by atoms with Crippen LogP contribution in [0.25, 0.3) is 10.9 Å². The normalized spacial score (nSPS) is 10.8. The molecule has 0 fully saturated rings. The molecule has 0 radical (unpaired) electrons. The van der Waals surface area contributed by atoms with Gasteiger partial charge in [-0.25, -0.2) is 0 Å². The molecule has 2 N–H and O–H groups in total. The van der Waals surface area contributed by atoms with Crippen LogP contribution < -0.4 is 5.32 Å². The molecule has 1 amide bonds. The summed E-state index contributed by atoms with van der Waals surface area (Å²) in [5, 5.41) is 5.99. The van der Waals surface area contributed by atoms with E-state index in [4.69, 9.17) is 0 Å². The highest BCUT2D eigenvalue weighted by Crippen LogP contribution is 2.17. The molecule has 3 nitrogen and oxygen atoms in total. The number of fused-ring (bicyclic) bond motifs is 1. The van der Waals surface area contributed by atoms with E-state index in [0.717, 1.165) is 15.8 Å². The van der Waals surface area contributed by atoms with E-state index in [-0.39, 0.29) is 5.91 Å². The van der Waals surface area contributed by atoms with E-state index in [1.54, 1.807) is 11.3 Å². The number of aryl methyl sites for hydroxylation is 1. The number of rotatable bonds is 3. The molecule has 2 heterocycles. The van der Waals surface area contributed by atoms with Crippen LogP contribution >= 0.6 is 11.3 Å². The van der Waals surface area contributed by atoms with Gasteiger partial charge in [-0.3, -0.25) is 4.79 Å². The summed E-state index contributed by atoms with van der Waals surface area (Å²) in [5.41, 5.74) is 2.79. The fourth-order valence-electron chi connectivity index (χ4n) is 2.05. The zero-order chi connectivity index (χ0) is 13.2. The largest absolute Gasteiger partial charge is 0.351 e. The second-order valence-corrected chi connectivity index (χ2v) is 5.57. The third-order valence-corrected chi connectivity index (χ3v) is 3.90. The molecule has 4 heteroatoms. The van der Waals surface area contributed by atoms with E-state index in [1.807, 2.05) is 42.6 Å². The van der Waals surface area contributed by atoms with Crippen LogP contribution in [0.1, 0.15) is 20.9 Å². The summed E-state index contributed by atoms with van der Waals surface area (Å²) in [6.07, 6.45) is 0. The van der Waals surface area contributed by atoms with Crippen molar-refractivity contribution in [2.45, 2.75) is 13.5 Å². The number of carbonyl (C=O) groups excluding carboxylic acids is 1. The molecule has 1 aromatic carbocycles. The summed E-state index contributed by atoms with van der Waals surface area (Å²) in [5.74, 6) is -0.0674. The highest BCUT2D eigenvalue weighted by molar-refractivity contribution is 7.09. The molecule has 0 atom stereocenters. The Hall–Kier alpha value is -2.07. The number of aromatic amines is 1. The lowest BCUT2D eigenvalue weighted by atomic mass is 10.2. The first-order valence-electron chi connectivity index (χ1n) is 6.12. The number of nitrogens with one attached hydrogen (secondary N) is 2. The fraction of sp³-hybridized carbons (Fsp3) is 0.133. The van der Waals surface area contributed by atoms with E-state index in [9.17, 15) is 4.79 Å². The van der Waals surface area contributed by atoms with Gasteiger partial charge in [0.25, 0.3) is 5.91 Å². The molecular weight excluding hydrogens is 256 g/mol. The number of H-pyrrole nitrogens is 1. The molecule has 0 aliphatic carbocycles. The SMILES string of the molecule is Cc1ccc2[nH]c(C(=O)NCc3cccs3)cc2c1. The van der Waals surface area contributed by atoms with Crippen molar-refractivity contribution in [2.75, 3.05) is 0 Å². The molecule has 0 saturated heterocycles. The maximum absolute atomic E-state index is 12.1. The van der Waals surface area contributed by atoms with Crippen LogP contribution in [0.2, 0.25) is 0 Å². The predicted octanol–water partition coefficient (Wildman–Crippen LogP) is 3.47. The first kappa shape index (κ1) is 12.0. The molecule has 0 spiro atoms. The maximum atomic E-state index is 12.1. The summed E-state index contributed by atoms with van der Waals surface area (Å²) < 4.78 is 0. The van der Waals surface area contributed by atoms with Crippen molar-refractivity contribution >= 4 is 28.1 Å². The lowest BCUT2D eigenvalue weighted by molar-refractivity contribution is 0.0947. The van der Waals surface area contributed by atoms with Crippen molar-refractivity contribution in [1.29, 1.82) is 0 Å². The first-order chi connectivity index (χ1) is 9.22. The number of aromatic nitrogens is 1. The van der Waals surface area contributed by atoms with Crippen LogP contribution in [0, 0.1) is 6.92 Å². The number of thiophene rings is 1. The van der Waals surface area contributed by atoms with Crippen molar-refractivity contribution in [3.05, 3.63) is 57.9 Å². The zero-order valence-corrected chi connectivity index (χ0v) is 11.4. The quantitative estimate of drug-likeness (QED) is 0.752. The number of carbonyl (C=O) groups is 1. The molecule has 0 unspecified atom stereocenters. The molecule has 0 bridgehead atoms. The van der Waals surface area contributed by atoms with Crippen LogP contribution in [0.3, 0.4) is 0 Å². The minimum atomic E-state index is -0.0674. The third kappa shape index (κ3) is 2.53. The van der Waals surface area contributed by atoms with Gasteiger partial charge in [0, 0.05) is 15.8 Å². The topological polar surface area (TPSA) is 44.9 Å². The summed E-state index contributed by atoms with van der Waals surface area (Å²) in [4.78, 5) is 16.4. The lowest BCUT2D eigenvalue weighted by Crippen LogP contribution is -2.22. The molecule has 3 aromatic rings. The monoisotopic (exact) mass is 270 g/mol. The molecule has 96 valence electrons. The van der Waals surface area contributed by atoms with Gasteiger partial charge in [-0.15, -0.1) is 11.3 Å². The Bertz CT molecular complexity index is 713. The molecule has 0 aliphatic heterocycles.